The van der Waals surface area contributed by atoms with Crippen LogP contribution in [0.25, 0.3) is 0 Å². The Morgan fingerprint density at radius 3 is 2.53 bits per heavy atom. The van der Waals surface area contributed by atoms with Crippen LogP contribution in [0, 0.1) is 0 Å². The molecule has 0 unspecified atom stereocenters. The van der Waals surface area contributed by atoms with Crippen molar-refractivity contribution >= 4 is 5.82 Å². The Morgan fingerprint density at radius 2 is 1.93 bits per heavy atom. The van der Waals surface area contributed by atoms with Crippen LogP contribution in [0.2, 0.25) is 0 Å². The van der Waals surface area contributed by atoms with Gasteiger partial charge >= 0.3 is 0 Å². The number of nitrogens with zero attached hydrogens (tertiary/aromatic N) is 3. The molecule has 0 bridgehead atoms. The van der Waals surface area contributed by atoms with Crippen LogP contribution in [0.5, 0.6) is 0 Å². The molecule has 1 aliphatic rings. The Bertz CT molecular complexity index is 339. The zero-order valence-electron chi connectivity index (χ0n) is 10.2. The Kier molecular flexibility index (Phi) is 2.72. The third kappa shape index (κ3) is 1.75. The van der Waals surface area contributed by atoms with Crippen molar-refractivity contribution in [3.8, 4) is 0 Å². The van der Waals surface area contributed by atoms with E-state index in [4.69, 9.17) is 0 Å². The van der Waals surface area contributed by atoms with Crippen LogP contribution in [-0.2, 0) is 6.54 Å². The molecule has 0 aromatic carbocycles. The van der Waals surface area contributed by atoms with Gasteiger partial charge < -0.3 is 9.47 Å². The molecule has 0 atom stereocenters. The van der Waals surface area contributed by atoms with Crippen LogP contribution < -0.4 is 4.90 Å². The van der Waals surface area contributed by atoms with Gasteiger partial charge in [0.05, 0.1) is 6.20 Å². The first kappa shape index (κ1) is 10.5. The average Bonchev–Trinajstić information content (AvgIpc) is 2.59. The molecule has 0 fully saturated rings. The number of hydrogen-bond acceptors (Lipinski definition) is 2. The summed E-state index contributed by atoms with van der Waals surface area (Å²) >= 11 is 0. The number of hydrogen-bond donors (Lipinski definition) is 0. The molecule has 1 aromatic rings. The Balaban J connectivity index is 2.38. The van der Waals surface area contributed by atoms with E-state index in [2.05, 4.69) is 42.1 Å². The van der Waals surface area contributed by atoms with Crippen LogP contribution >= 0.6 is 0 Å². The van der Waals surface area contributed by atoms with Gasteiger partial charge in [0, 0.05) is 25.0 Å². The van der Waals surface area contributed by atoms with Crippen molar-refractivity contribution in [1.29, 1.82) is 0 Å². The van der Waals surface area contributed by atoms with Gasteiger partial charge in [-0.25, -0.2) is 4.98 Å². The molecule has 84 valence electrons. The van der Waals surface area contributed by atoms with E-state index in [-0.39, 0.29) is 0 Å². The SMILES string of the molecule is CC(C)c1ncc2n1CCCN2C(C)C. The minimum absolute atomic E-state index is 0.519. The first-order valence-corrected chi connectivity index (χ1v) is 5.93. The first-order chi connectivity index (χ1) is 7.11. The minimum atomic E-state index is 0.519. The molecule has 1 aliphatic heterocycles. The zero-order chi connectivity index (χ0) is 11.0. The van der Waals surface area contributed by atoms with Crippen molar-refractivity contribution in [3.05, 3.63) is 12.0 Å². The summed E-state index contributed by atoms with van der Waals surface area (Å²) in [5.41, 5.74) is 0. The predicted octanol–water partition coefficient (Wildman–Crippen LogP) is 2.63. The topological polar surface area (TPSA) is 21.1 Å². The van der Waals surface area contributed by atoms with Gasteiger partial charge in [-0.1, -0.05) is 13.8 Å². The third-order valence-electron chi connectivity index (χ3n) is 3.08. The lowest BCUT2D eigenvalue weighted by Gasteiger charge is -2.34. The van der Waals surface area contributed by atoms with E-state index in [0.29, 0.717) is 12.0 Å². The number of rotatable bonds is 2. The number of fused-ring (bicyclic) bond motifs is 1. The van der Waals surface area contributed by atoms with Crippen LogP contribution in [0.4, 0.5) is 5.82 Å². The van der Waals surface area contributed by atoms with Crippen molar-refractivity contribution in [3.63, 3.8) is 0 Å². The summed E-state index contributed by atoms with van der Waals surface area (Å²) in [5.74, 6) is 3.06. The van der Waals surface area contributed by atoms with Crippen molar-refractivity contribution in [2.45, 2.75) is 52.6 Å². The molecule has 0 radical (unpaired) electrons. The predicted molar refractivity (Wildman–Crippen MR) is 63.4 cm³/mol. The lowest BCUT2D eigenvalue weighted by atomic mass is 10.2. The number of aromatic nitrogens is 2. The van der Waals surface area contributed by atoms with Gasteiger partial charge in [-0.05, 0) is 20.3 Å². The molecule has 0 saturated carbocycles. The zero-order valence-corrected chi connectivity index (χ0v) is 10.2. The third-order valence-corrected chi connectivity index (χ3v) is 3.08. The molecular formula is C12H21N3. The highest BCUT2D eigenvalue weighted by Crippen LogP contribution is 2.27. The fraction of sp³-hybridized carbons (Fsp3) is 0.750. The van der Waals surface area contributed by atoms with Crippen LogP contribution in [0.3, 0.4) is 0 Å². The van der Waals surface area contributed by atoms with E-state index in [0.717, 1.165) is 6.54 Å². The van der Waals surface area contributed by atoms with Crippen molar-refractivity contribution in [1.82, 2.24) is 9.55 Å². The van der Waals surface area contributed by atoms with Gasteiger partial charge in [-0.15, -0.1) is 0 Å². The van der Waals surface area contributed by atoms with E-state index in [1.54, 1.807) is 0 Å². The van der Waals surface area contributed by atoms with E-state index in [1.807, 2.05) is 6.20 Å². The molecule has 15 heavy (non-hydrogen) atoms. The Labute approximate surface area is 92.1 Å². The second kappa shape index (κ2) is 3.87. The van der Waals surface area contributed by atoms with Gasteiger partial charge in [0.25, 0.3) is 0 Å². The summed E-state index contributed by atoms with van der Waals surface area (Å²) in [5, 5.41) is 0. The largest absolute Gasteiger partial charge is 0.354 e. The quantitative estimate of drug-likeness (QED) is 0.743. The molecule has 0 amide bonds. The van der Waals surface area contributed by atoms with E-state index in [9.17, 15) is 0 Å². The van der Waals surface area contributed by atoms with Crippen molar-refractivity contribution < 1.29 is 0 Å². The highest BCUT2D eigenvalue weighted by atomic mass is 15.3. The minimum Gasteiger partial charge on any atom is -0.354 e. The monoisotopic (exact) mass is 207 g/mol. The lowest BCUT2D eigenvalue weighted by molar-refractivity contribution is 0.509. The van der Waals surface area contributed by atoms with Crippen molar-refractivity contribution in [2.75, 3.05) is 11.4 Å². The average molecular weight is 207 g/mol. The Hall–Kier alpha value is -0.990. The maximum atomic E-state index is 4.55. The maximum Gasteiger partial charge on any atom is 0.128 e. The van der Waals surface area contributed by atoms with Crippen LogP contribution in [0.15, 0.2) is 6.20 Å². The van der Waals surface area contributed by atoms with Crippen LogP contribution in [0.1, 0.15) is 45.9 Å². The molecular weight excluding hydrogens is 186 g/mol. The molecule has 3 nitrogen and oxygen atoms in total. The normalized spacial score (nSPS) is 16.3. The van der Waals surface area contributed by atoms with E-state index in [1.165, 1.54) is 24.6 Å². The molecule has 2 heterocycles. The molecule has 0 N–H and O–H groups in total. The first-order valence-electron chi connectivity index (χ1n) is 5.93. The fourth-order valence-electron chi connectivity index (χ4n) is 2.34. The van der Waals surface area contributed by atoms with Gasteiger partial charge in [0.1, 0.15) is 11.6 Å². The van der Waals surface area contributed by atoms with E-state index >= 15 is 0 Å². The molecule has 3 heteroatoms. The molecule has 0 aliphatic carbocycles. The maximum absolute atomic E-state index is 4.55. The molecule has 0 saturated heterocycles. The van der Waals surface area contributed by atoms with Gasteiger partial charge in [0.2, 0.25) is 0 Å². The summed E-state index contributed by atoms with van der Waals surface area (Å²) in [4.78, 5) is 7.00. The summed E-state index contributed by atoms with van der Waals surface area (Å²) in [6, 6.07) is 0.570. The molecule has 1 aromatic heterocycles. The highest BCUT2D eigenvalue weighted by Gasteiger charge is 2.22. The standard InChI is InChI=1S/C12H21N3/c1-9(2)12-13-8-11-14(10(3)4)6-5-7-15(11)12/h8-10H,5-7H2,1-4H3. The number of anilines is 1. The van der Waals surface area contributed by atoms with Gasteiger partial charge in [-0.3, -0.25) is 0 Å². The Morgan fingerprint density at radius 1 is 1.20 bits per heavy atom. The van der Waals surface area contributed by atoms with Gasteiger partial charge in [0.15, 0.2) is 0 Å². The van der Waals surface area contributed by atoms with E-state index < -0.39 is 0 Å². The molecule has 2 rings (SSSR count). The summed E-state index contributed by atoms with van der Waals surface area (Å²) in [6.07, 6.45) is 3.27. The molecule has 0 spiro atoms. The van der Waals surface area contributed by atoms with Crippen molar-refractivity contribution in [2.24, 2.45) is 0 Å². The second-order valence-electron chi connectivity index (χ2n) is 4.92. The highest BCUT2D eigenvalue weighted by molar-refractivity contribution is 5.42. The summed E-state index contributed by atoms with van der Waals surface area (Å²) < 4.78 is 2.38. The summed E-state index contributed by atoms with van der Waals surface area (Å²) in [6.45, 7) is 11.2. The van der Waals surface area contributed by atoms with Crippen LogP contribution in [-0.4, -0.2) is 22.1 Å². The fourth-order valence-corrected chi connectivity index (χ4v) is 2.34. The summed E-state index contributed by atoms with van der Waals surface area (Å²) in [7, 11) is 0. The van der Waals surface area contributed by atoms with Gasteiger partial charge in [-0.2, -0.15) is 0 Å². The smallest absolute Gasteiger partial charge is 0.128 e. The number of imidazole rings is 1. The second-order valence-corrected chi connectivity index (χ2v) is 4.92. The lowest BCUT2D eigenvalue weighted by Crippen LogP contribution is -2.37.